The summed E-state index contributed by atoms with van der Waals surface area (Å²) in [6.45, 7) is 12.5. The Morgan fingerprint density at radius 1 is 1.14 bits per heavy atom. The molecule has 21 heavy (non-hydrogen) atoms. The monoisotopic (exact) mass is 288 g/mol. The molecule has 1 fully saturated rings. The summed E-state index contributed by atoms with van der Waals surface area (Å²) in [6, 6.07) is 5.37. The number of aryl methyl sites for hydroxylation is 3. The molecule has 2 heteroatoms. The Bertz CT molecular complexity index is 467. The molecule has 1 N–H and O–H groups in total. The summed E-state index contributed by atoms with van der Waals surface area (Å²) in [7, 11) is 2.30. The average Bonchev–Trinajstić information content (AvgIpc) is 2.44. The van der Waals surface area contributed by atoms with Gasteiger partial charge in [-0.2, -0.15) is 0 Å². The van der Waals surface area contributed by atoms with Crippen molar-refractivity contribution in [2.45, 2.75) is 53.0 Å². The largest absolute Gasteiger partial charge is 0.316 e. The Morgan fingerprint density at radius 2 is 1.86 bits per heavy atom. The molecule has 0 amide bonds. The summed E-state index contributed by atoms with van der Waals surface area (Å²) in [6.07, 6.45) is 3.89. The molecule has 0 aliphatic carbocycles. The van der Waals surface area contributed by atoms with Gasteiger partial charge in [-0.15, -0.1) is 0 Å². The van der Waals surface area contributed by atoms with Crippen LogP contribution in [0.3, 0.4) is 0 Å². The normalized spacial score (nSPS) is 23.5. The maximum absolute atomic E-state index is 3.64. The Balaban J connectivity index is 2.25. The molecule has 0 spiro atoms. The van der Waals surface area contributed by atoms with Gasteiger partial charge in [0.15, 0.2) is 0 Å². The lowest BCUT2D eigenvalue weighted by Gasteiger charge is -2.40. The van der Waals surface area contributed by atoms with Crippen molar-refractivity contribution in [2.75, 3.05) is 26.7 Å². The van der Waals surface area contributed by atoms with Crippen molar-refractivity contribution < 1.29 is 0 Å². The molecule has 1 aliphatic heterocycles. The summed E-state index contributed by atoms with van der Waals surface area (Å²) < 4.78 is 0. The highest BCUT2D eigenvalue weighted by molar-refractivity contribution is 5.38. The number of rotatable bonds is 5. The van der Waals surface area contributed by atoms with Crippen molar-refractivity contribution in [3.63, 3.8) is 0 Å². The SMILES string of the molecule is CCCNCC1CCCN(C)C1c1cc(C)c(C)cc1C. The van der Waals surface area contributed by atoms with Crippen molar-refractivity contribution in [1.29, 1.82) is 0 Å². The Kier molecular flexibility index (Phi) is 5.83. The van der Waals surface area contributed by atoms with E-state index in [0.717, 1.165) is 19.0 Å². The van der Waals surface area contributed by atoms with E-state index in [4.69, 9.17) is 0 Å². The fourth-order valence-electron chi connectivity index (χ4n) is 3.73. The molecule has 1 saturated heterocycles. The highest BCUT2D eigenvalue weighted by Crippen LogP contribution is 2.37. The van der Waals surface area contributed by atoms with Gasteiger partial charge in [-0.05, 0) is 94.9 Å². The molecule has 1 aromatic rings. The van der Waals surface area contributed by atoms with Gasteiger partial charge in [0.25, 0.3) is 0 Å². The van der Waals surface area contributed by atoms with Crippen LogP contribution in [0, 0.1) is 26.7 Å². The molecular weight excluding hydrogens is 256 g/mol. The lowest BCUT2D eigenvalue weighted by atomic mass is 9.82. The van der Waals surface area contributed by atoms with Gasteiger partial charge in [-0.1, -0.05) is 19.1 Å². The third kappa shape index (κ3) is 3.87. The summed E-state index contributed by atoms with van der Waals surface area (Å²) in [4.78, 5) is 2.57. The maximum atomic E-state index is 3.64. The molecule has 2 atom stereocenters. The van der Waals surface area contributed by atoms with Crippen LogP contribution in [0.15, 0.2) is 12.1 Å². The van der Waals surface area contributed by atoms with E-state index in [1.165, 1.54) is 42.5 Å². The Labute approximate surface area is 130 Å². The zero-order valence-electron chi connectivity index (χ0n) is 14.5. The van der Waals surface area contributed by atoms with Gasteiger partial charge >= 0.3 is 0 Å². The van der Waals surface area contributed by atoms with Gasteiger partial charge in [0.1, 0.15) is 0 Å². The van der Waals surface area contributed by atoms with Crippen LogP contribution < -0.4 is 5.32 Å². The van der Waals surface area contributed by atoms with Crippen LogP contribution in [-0.4, -0.2) is 31.6 Å². The summed E-state index contributed by atoms with van der Waals surface area (Å²) in [5, 5.41) is 3.64. The molecule has 0 bridgehead atoms. The molecule has 2 nitrogen and oxygen atoms in total. The van der Waals surface area contributed by atoms with Crippen molar-refractivity contribution in [2.24, 2.45) is 5.92 Å². The molecule has 0 saturated carbocycles. The van der Waals surface area contributed by atoms with Crippen LogP contribution in [0.5, 0.6) is 0 Å². The van der Waals surface area contributed by atoms with Crippen LogP contribution in [0.25, 0.3) is 0 Å². The van der Waals surface area contributed by atoms with Crippen molar-refractivity contribution >= 4 is 0 Å². The van der Waals surface area contributed by atoms with E-state index in [9.17, 15) is 0 Å². The number of nitrogens with zero attached hydrogens (tertiary/aromatic N) is 1. The number of likely N-dealkylation sites (tertiary alicyclic amines) is 1. The number of nitrogens with one attached hydrogen (secondary N) is 1. The van der Waals surface area contributed by atoms with E-state index in [2.05, 4.69) is 57.1 Å². The van der Waals surface area contributed by atoms with Crippen LogP contribution in [-0.2, 0) is 0 Å². The maximum Gasteiger partial charge on any atom is 0.0388 e. The highest BCUT2D eigenvalue weighted by Gasteiger charge is 2.31. The van der Waals surface area contributed by atoms with Crippen LogP contribution in [0.2, 0.25) is 0 Å². The predicted molar refractivity (Wildman–Crippen MR) is 91.9 cm³/mol. The topological polar surface area (TPSA) is 15.3 Å². The first-order valence-electron chi connectivity index (χ1n) is 8.53. The summed E-state index contributed by atoms with van der Waals surface area (Å²) in [5.41, 5.74) is 5.84. The first-order valence-corrected chi connectivity index (χ1v) is 8.53. The smallest absolute Gasteiger partial charge is 0.0388 e. The van der Waals surface area contributed by atoms with Gasteiger partial charge in [0.05, 0.1) is 0 Å². The van der Waals surface area contributed by atoms with E-state index in [1.807, 2.05) is 0 Å². The zero-order chi connectivity index (χ0) is 15.4. The second-order valence-electron chi connectivity index (χ2n) is 6.82. The zero-order valence-corrected chi connectivity index (χ0v) is 14.5. The lowest BCUT2D eigenvalue weighted by molar-refractivity contribution is 0.119. The predicted octanol–water partition coefficient (Wildman–Crippen LogP) is 3.99. The highest BCUT2D eigenvalue weighted by atomic mass is 15.1. The summed E-state index contributed by atoms with van der Waals surface area (Å²) in [5.74, 6) is 0.733. The fraction of sp³-hybridized carbons (Fsp3) is 0.684. The molecule has 1 heterocycles. The van der Waals surface area contributed by atoms with Crippen LogP contribution in [0.4, 0.5) is 0 Å². The number of hydrogen-bond acceptors (Lipinski definition) is 2. The fourth-order valence-corrected chi connectivity index (χ4v) is 3.73. The average molecular weight is 288 g/mol. The molecule has 1 aliphatic rings. The van der Waals surface area contributed by atoms with Crippen LogP contribution in [0.1, 0.15) is 54.5 Å². The minimum absolute atomic E-state index is 0.572. The van der Waals surface area contributed by atoms with Crippen molar-refractivity contribution in [3.8, 4) is 0 Å². The molecule has 2 rings (SSSR count). The lowest BCUT2D eigenvalue weighted by Crippen LogP contribution is -2.41. The van der Waals surface area contributed by atoms with Crippen LogP contribution >= 0.6 is 0 Å². The van der Waals surface area contributed by atoms with Crippen molar-refractivity contribution in [1.82, 2.24) is 10.2 Å². The number of benzene rings is 1. The standard InChI is InChI=1S/C19H32N2/c1-6-9-20-13-17-8-7-10-21(5)19(17)18-12-15(3)14(2)11-16(18)4/h11-12,17,19-20H,6-10,13H2,1-5H3. The van der Waals surface area contributed by atoms with Gasteiger partial charge in [0.2, 0.25) is 0 Å². The third-order valence-electron chi connectivity index (χ3n) is 5.04. The Morgan fingerprint density at radius 3 is 2.57 bits per heavy atom. The first-order chi connectivity index (χ1) is 10.0. The minimum Gasteiger partial charge on any atom is -0.316 e. The molecule has 1 aromatic carbocycles. The summed E-state index contributed by atoms with van der Waals surface area (Å²) >= 11 is 0. The van der Waals surface area contributed by atoms with E-state index < -0.39 is 0 Å². The second-order valence-corrected chi connectivity index (χ2v) is 6.82. The number of hydrogen-bond donors (Lipinski definition) is 1. The third-order valence-corrected chi connectivity index (χ3v) is 5.04. The molecular formula is C19H32N2. The molecule has 118 valence electrons. The van der Waals surface area contributed by atoms with E-state index in [0.29, 0.717) is 6.04 Å². The minimum atomic E-state index is 0.572. The Hall–Kier alpha value is -0.860. The first kappa shape index (κ1) is 16.5. The van der Waals surface area contributed by atoms with Gasteiger partial charge in [-0.25, -0.2) is 0 Å². The second kappa shape index (κ2) is 7.42. The van der Waals surface area contributed by atoms with Gasteiger partial charge in [-0.3, -0.25) is 4.90 Å². The molecule has 0 radical (unpaired) electrons. The van der Waals surface area contributed by atoms with Gasteiger partial charge < -0.3 is 5.32 Å². The quantitative estimate of drug-likeness (QED) is 0.824. The van der Waals surface area contributed by atoms with E-state index >= 15 is 0 Å². The van der Waals surface area contributed by atoms with Crippen molar-refractivity contribution in [3.05, 3.63) is 34.4 Å². The van der Waals surface area contributed by atoms with E-state index in [1.54, 1.807) is 5.56 Å². The number of piperidine rings is 1. The van der Waals surface area contributed by atoms with Gasteiger partial charge in [0, 0.05) is 6.04 Å². The molecule has 0 aromatic heterocycles. The van der Waals surface area contributed by atoms with E-state index in [-0.39, 0.29) is 0 Å². The molecule has 2 unspecified atom stereocenters.